The highest BCUT2D eigenvalue weighted by molar-refractivity contribution is 5.19. The second kappa shape index (κ2) is 7.50. The van der Waals surface area contributed by atoms with Crippen molar-refractivity contribution in [1.29, 1.82) is 0 Å². The Balaban J connectivity index is 2.71. The van der Waals surface area contributed by atoms with Crippen molar-refractivity contribution in [2.24, 2.45) is 11.8 Å². The third kappa shape index (κ3) is 4.51. The van der Waals surface area contributed by atoms with Crippen molar-refractivity contribution in [3.05, 3.63) is 35.9 Å². The molecular formula is C16H27N. The number of nitrogens with one attached hydrogen (secondary N) is 1. The lowest BCUT2D eigenvalue weighted by molar-refractivity contribution is 0.318. The first-order chi connectivity index (χ1) is 8.19. The summed E-state index contributed by atoms with van der Waals surface area (Å²) >= 11 is 0. The number of hydrogen-bond donors (Lipinski definition) is 1. The van der Waals surface area contributed by atoms with Crippen molar-refractivity contribution < 1.29 is 0 Å². The number of rotatable bonds is 7. The summed E-state index contributed by atoms with van der Waals surface area (Å²) in [4.78, 5) is 0. The van der Waals surface area contributed by atoms with E-state index in [2.05, 4.69) is 63.3 Å². The van der Waals surface area contributed by atoms with Crippen LogP contribution in [0.25, 0.3) is 0 Å². The summed E-state index contributed by atoms with van der Waals surface area (Å²) in [7, 11) is 0. The van der Waals surface area contributed by atoms with E-state index in [0.29, 0.717) is 12.0 Å². The highest BCUT2D eigenvalue weighted by Gasteiger charge is 2.19. The molecule has 1 aromatic rings. The number of hydrogen-bond acceptors (Lipinski definition) is 1. The van der Waals surface area contributed by atoms with Crippen LogP contribution < -0.4 is 5.32 Å². The van der Waals surface area contributed by atoms with Crippen LogP contribution in [-0.2, 0) is 0 Å². The maximum Gasteiger partial charge on any atom is 0.0346 e. The van der Waals surface area contributed by atoms with Crippen LogP contribution in [0.2, 0.25) is 0 Å². The molecule has 0 radical (unpaired) electrons. The Kier molecular flexibility index (Phi) is 6.28. The molecule has 17 heavy (non-hydrogen) atoms. The molecule has 0 saturated heterocycles. The van der Waals surface area contributed by atoms with Crippen LogP contribution in [0.15, 0.2) is 30.3 Å². The van der Waals surface area contributed by atoms with Gasteiger partial charge in [-0.05, 0) is 30.4 Å². The van der Waals surface area contributed by atoms with Crippen LogP contribution in [-0.4, -0.2) is 6.54 Å². The van der Waals surface area contributed by atoms with Gasteiger partial charge in [0.25, 0.3) is 0 Å². The Bertz CT molecular complexity index is 294. The SMILES string of the molecule is CCNC(c1ccccc1)C(C)CC(C)CC. The molecule has 0 fully saturated rings. The van der Waals surface area contributed by atoms with Crippen molar-refractivity contribution in [3.8, 4) is 0 Å². The molecule has 0 aromatic heterocycles. The molecule has 0 aliphatic rings. The first-order valence-corrected chi connectivity index (χ1v) is 6.97. The van der Waals surface area contributed by atoms with E-state index in [1.807, 2.05) is 0 Å². The van der Waals surface area contributed by atoms with Gasteiger partial charge >= 0.3 is 0 Å². The molecule has 1 rings (SSSR count). The van der Waals surface area contributed by atoms with E-state index in [-0.39, 0.29) is 0 Å². The maximum absolute atomic E-state index is 3.63. The van der Waals surface area contributed by atoms with Gasteiger partial charge in [0.15, 0.2) is 0 Å². The predicted octanol–water partition coefficient (Wildman–Crippen LogP) is 4.41. The van der Waals surface area contributed by atoms with Crippen molar-refractivity contribution in [2.75, 3.05) is 6.54 Å². The first-order valence-electron chi connectivity index (χ1n) is 6.97. The molecule has 0 aliphatic heterocycles. The third-order valence-corrected chi connectivity index (χ3v) is 3.62. The predicted molar refractivity (Wildman–Crippen MR) is 76.1 cm³/mol. The molecule has 0 aliphatic carbocycles. The van der Waals surface area contributed by atoms with Crippen LogP contribution in [0, 0.1) is 11.8 Å². The quantitative estimate of drug-likeness (QED) is 0.735. The van der Waals surface area contributed by atoms with E-state index in [9.17, 15) is 0 Å². The summed E-state index contributed by atoms with van der Waals surface area (Å²) in [5.74, 6) is 1.50. The minimum Gasteiger partial charge on any atom is -0.310 e. The van der Waals surface area contributed by atoms with Gasteiger partial charge in [0.05, 0.1) is 0 Å². The van der Waals surface area contributed by atoms with E-state index in [1.54, 1.807) is 0 Å². The van der Waals surface area contributed by atoms with Crippen molar-refractivity contribution in [3.63, 3.8) is 0 Å². The van der Waals surface area contributed by atoms with Gasteiger partial charge in [-0.15, -0.1) is 0 Å². The highest BCUT2D eigenvalue weighted by atomic mass is 14.9. The Labute approximate surface area is 107 Å². The van der Waals surface area contributed by atoms with Crippen LogP contribution in [0.1, 0.15) is 52.1 Å². The summed E-state index contributed by atoms with van der Waals surface area (Å²) in [5.41, 5.74) is 1.42. The molecule has 1 nitrogen and oxygen atoms in total. The van der Waals surface area contributed by atoms with Crippen LogP contribution in [0.4, 0.5) is 0 Å². The molecular weight excluding hydrogens is 206 g/mol. The van der Waals surface area contributed by atoms with Crippen LogP contribution in [0.3, 0.4) is 0 Å². The highest BCUT2D eigenvalue weighted by Crippen LogP contribution is 2.27. The molecule has 1 aromatic carbocycles. The van der Waals surface area contributed by atoms with Gasteiger partial charge in [-0.1, -0.05) is 64.4 Å². The van der Waals surface area contributed by atoms with Gasteiger partial charge in [-0.3, -0.25) is 0 Å². The molecule has 0 spiro atoms. The lowest BCUT2D eigenvalue weighted by atomic mass is 9.86. The summed E-state index contributed by atoms with van der Waals surface area (Å²) in [6.07, 6.45) is 2.57. The second-order valence-electron chi connectivity index (χ2n) is 5.17. The van der Waals surface area contributed by atoms with Gasteiger partial charge < -0.3 is 5.32 Å². The largest absolute Gasteiger partial charge is 0.310 e. The minimum absolute atomic E-state index is 0.496. The van der Waals surface area contributed by atoms with E-state index in [4.69, 9.17) is 0 Å². The first kappa shape index (κ1) is 14.2. The molecule has 3 atom stereocenters. The second-order valence-corrected chi connectivity index (χ2v) is 5.17. The van der Waals surface area contributed by atoms with Crippen LogP contribution >= 0.6 is 0 Å². The van der Waals surface area contributed by atoms with Crippen molar-refractivity contribution >= 4 is 0 Å². The summed E-state index contributed by atoms with van der Waals surface area (Å²) in [6.45, 7) is 10.2. The lowest BCUT2D eigenvalue weighted by Crippen LogP contribution is -2.27. The maximum atomic E-state index is 3.63. The summed E-state index contributed by atoms with van der Waals surface area (Å²) in [5, 5.41) is 3.63. The molecule has 0 heterocycles. The molecule has 0 bridgehead atoms. The Morgan fingerprint density at radius 2 is 1.71 bits per heavy atom. The third-order valence-electron chi connectivity index (χ3n) is 3.62. The fraction of sp³-hybridized carbons (Fsp3) is 0.625. The van der Waals surface area contributed by atoms with E-state index in [0.717, 1.165) is 12.5 Å². The van der Waals surface area contributed by atoms with Gasteiger partial charge in [-0.25, -0.2) is 0 Å². The lowest BCUT2D eigenvalue weighted by Gasteiger charge is -2.27. The minimum atomic E-state index is 0.496. The summed E-state index contributed by atoms with van der Waals surface area (Å²) < 4.78 is 0. The van der Waals surface area contributed by atoms with Crippen LogP contribution in [0.5, 0.6) is 0 Å². The summed E-state index contributed by atoms with van der Waals surface area (Å²) in [6, 6.07) is 11.3. The van der Waals surface area contributed by atoms with Gasteiger partial charge in [0, 0.05) is 6.04 Å². The Morgan fingerprint density at radius 3 is 2.24 bits per heavy atom. The molecule has 96 valence electrons. The Morgan fingerprint density at radius 1 is 1.06 bits per heavy atom. The monoisotopic (exact) mass is 233 g/mol. The fourth-order valence-electron chi connectivity index (χ4n) is 2.47. The average molecular weight is 233 g/mol. The van der Waals surface area contributed by atoms with Gasteiger partial charge in [0.2, 0.25) is 0 Å². The zero-order chi connectivity index (χ0) is 12.7. The average Bonchev–Trinajstić information content (AvgIpc) is 2.36. The zero-order valence-corrected chi connectivity index (χ0v) is 11.7. The van der Waals surface area contributed by atoms with Gasteiger partial charge in [-0.2, -0.15) is 0 Å². The smallest absolute Gasteiger partial charge is 0.0346 e. The van der Waals surface area contributed by atoms with Gasteiger partial charge in [0.1, 0.15) is 0 Å². The van der Waals surface area contributed by atoms with E-state index >= 15 is 0 Å². The number of benzene rings is 1. The van der Waals surface area contributed by atoms with Crippen molar-refractivity contribution in [1.82, 2.24) is 5.32 Å². The van der Waals surface area contributed by atoms with Crippen molar-refractivity contribution in [2.45, 2.75) is 46.6 Å². The van der Waals surface area contributed by atoms with E-state index in [1.165, 1.54) is 18.4 Å². The normalized spacial score (nSPS) is 16.5. The molecule has 3 unspecified atom stereocenters. The van der Waals surface area contributed by atoms with E-state index < -0.39 is 0 Å². The zero-order valence-electron chi connectivity index (χ0n) is 11.7. The molecule has 1 heteroatoms. The molecule has 0 amide bonds. The Hall–Kier alpha value is -0.820. The fourth-order valence-corrected chi connectivity index (χ4v) is 2.47. The molecule has 0 saturated carbocycles. The topological polar surface area (TPSA) is 12.0 Å². The molecule has 1 N–H and O–H groups in total. The standard InChI is InChI=1S/C16H27N/c1-5-13(3)12-14(4)16(17-6-2)15-10-8-7-9-11-15/h7-11,13-14,16-17H,5-6,12H2,1-4H3.